The van der Waals surface area contributed by atoms with Crippen LogP contribution in [0.25, 0.3) is 64.4 Å². The van der Waals surface area contributed by atoms with Crippen molar-refractivity contribution in [1.82, 2.24) is 4.98 Å². The van der Waals surface area contributed by atoms with Crippen LogP contribution in [0.5, 0.6) is 0 Å². The average Bonchev–Trinajstić information content (AvgIpc) is 3.67. The van der Waals surface area contributed by atoms with Gasteiger partial charge in [-0.25, -0.2) is 0 Å². The zero-order chi connectivity index (χ0) is 29.7. The van der Waals surface area contributed by atoms with E-state index in [9.17, 15) is 0 Å². The van der Waals surface area contributed by atoms with Crippen molar-refractivity contribution >= 4 is 70.5 Å². The Morgan fingerprint density at radius 3 is 1.89 bits per heavy atom. The van der Waals surface area contributed by atoms with Gasteiger partial charge in [0.15, 0.2) is 0 Å². The number of fused-ring (bicyclic) bond motifs is 6. The van der Waals surface area contributed by atoms with E-state index in [1.54, 1.807) is 0 Å². The van der Waals surface area contributed by atoms with E-state index in [1.165, 1.54) is 42.4 Å². The van der Waals surface area contributed by atoms with Crippen molar-refractivity contribution in [3.63, 3.8) is 0 Å². The molecule has 0 fully saturated rings. The second kappa shape index (κ2) is 10.5. The minimum Gasteiger partial charge on any atom is -0.456 e. The lowest BCUT2D eigenvalue weighted by Gasteiger charge is -2.26. The average molecular weight is 595 g/mol. The van der Waals surface area contributed by atoms with E-state index >= 15 is 0 Å². The second-order valence-electron chi connectivity index (χ2n) is 11.3. The van der Waals surface area contributed by atoms with Gasteiger partial charge in [-0.1, -0.05) is 84.9 Å². The number of benzene rings is 6. The first-order valence-corrected chi connectivity index (χ1v) is 15.8. The highest BCUT2D eigenvalue weighted by Gasteiger charge is 2.16. The molecule has 3 heterocycles. The molecule has 0 amide bonds. The molecule has 0 spiro atoms. The van der Waals surface area contributed by atoms with Crippen LogP contribution in [0.15, 0.2) is 162 Å². The third kappa shape index (κ3) is 4.46. The van der Waals surface area contributed by atoms with Gasteiger partial charge in [0.25, 0.3) is 0 Å². The summed E-state index contributed by atoms with van der Waals surface area (Å²) in [5.41, 5.74) is 9.85. The van der Waals surface area contributed by atoms with Crippen LogP contribution in [0.3, 0.4) is 0 Å². The number of nitrogens with zero attached hydrogens (tertiary/aromatic N) is 2. The Balaban J connectivity index is 1.14. The van der Waals surface area contributed by atoms with Crippen molar-refractivity contribution in [2.75, 3.05) is 4.90 Å². The van der Waals surface area contributed by atoms with E-state index in [0.29, 0.717) is 0 Å². The summed E-state index contributed by atoms with van der Waals surface area (Å²) in [6.07, 6.45) is 3.83. The maximum absolute atomic E-state index is 6.16. The molecule has 0 saturated carbocycles. The number of hydrogen-bond acceptors (Lipinski definition) is 4. The Morgan fingerprint density at radius 2 is 1.09 bits per heavy atom. The molecular formula is C41H26N2OS. The van der Waals surface area contributed by atoms with E-state index in [2.05, 4.69) is 143 Å². The fourth-order valence-corrected chi connectivity index (χ4v) is 7.45. The van der Waals surface area contributed by atoms with Crippen molar-refractivity contribution in [2.45, 2.75) is 0 Å². The standard InChI is InChI=1S/C41H26N2OS/c1-2-6-27(7-3-1)28-10-15-31(16-11-28)43(33-19-21-39-36(25-33)34-8-4-5-9-38(34)44-39)32-17-12-29(13-18-32)30-14-20-35-37-26-42-23-22-40(37)45-41(35)24-30/h1-26H. The molecule has 9 aromatic rings. The smallest absolute Gasteiger partial charge is 0.135 e. The van der Waals surface area contributed by atoms with Crippen molar-refractivity contribution in [3.05, 3.63) is 158 Å². The van der Waals surface area contributed by atoms with Gasteiger partial charge >= 0.3 is 0 Å². The van der Waals surface area contributed by atoms with Gasteiger partial charge in [0.05, 0.1) is 0 Å². The summed E-state index contributed by atoms with van der Waals surface area (Å²) in [4.78, 5) is 6.66. The zero-order valence-corrected chi connectivity index (χ0v) is 25.0. The first kappa shape index (κ1) is 25.8. The summed E-state index contributed by atoms with van der Waals surface area (Å²) >= 11 is 1.82. The van der Waals surface area contributed by atoms with Crippen LogP contribution >= 0.6 is 11.3 Å². The molecule has 0 aliphatic heterocycles. The molecule has 3 nitrogen and oxygen atoms in total. The molecule has 0 aliphatic carbocycles. The predicted molar refractivity (Wildman–Crippen MR) is 190 cm³/mol. The van der Waals surface area contributed by atoms with Crippen LogP contribution in [-0.4, -0.2) is 4.98 Å². The number of aromatic nitrogens is 1. The summed E-state index contributed by atoms with van der Waals surface area (Å²) < 4.78 is 8.70. The minimum absolute atomic E-state index is 0.891. The van der Waals surface area contributed by atoms with Crippen molar-refractivity contribution in [1.29, 1.82) is 0 Å². The van der Waals surface area contributed by atoms with Gasteiger partial charge in [0, 0.05) is 60.4 Å². The molecule has 0 bridgehead atoms. The maximum Gasteiger partial charge on any atom is 0.135 e. The lowest BCUT2D eigenvalue weighted by atomic mass is 10.0. The summed E-state index contributed by atoms with van der Waals surface area (Å²) in [6, 6.07) is 51.8. The van der Waals surface area contributed by atoms with Crippen LogP contribution in [0.2, 0.25) is 0 Å². The lowest BCUT2D eigenvalue weighted by Crippen LogP contribution is -2.09. The van der Waals surface area contributed by atoms with Crippen molar-refractivity contribution < 1.29 is 4.42 Å². The summed E-state index contributed by atoms with van der Waals surface area (Å²) in [5.74, 6) is 0. The number of rotatable bonds is 5. The molecule has 0 radical (unpaired) electrons. The summed E-state index contributed by atoms with van der Waals surface area (Å²) in [6.45, 7) is 0. The Hall–Kier alpha value is -5.71. The largest absolute Gasteiger partial charge is 0.456 e. The van der Waals surface area contributed by atoms with Crippen molar-refractivity contribution in [3.8, 4) is 22.3 Å². The predicted octanol–water partition coefficient (Wildman–Crippen LogP) is 12.2. The number of thiophene rings is 1. The first-order chi connectivity index (χ1) is 22.3. The van der Waals surface area contributed by atoms with Gasteiger partial charge in [-0.05, 0) is 82.9 Å². The number of furan rings is 1. The van der Waals surface area contributed by atoms with Crippen LogP contribution in [0.4, 0.5) is 17.1 Å². The second-order valence-corrected chi connectivity index (χ2v) is 12.3. The van der Waals surface area contributed by atoms with E-state index < -0.39 is 0 Å². The van der Waals surface area contributed by atoms with Gasteiger partial charge in [-0.15, -0.1) is 11.3 Å². The molecule has 6 aromatic carbocycles. The zero-order valence-electron chi connectivity index (χ0n) is 24.2. The molecule has 0 saturated heterocycles. The summed E-state index contributed by atoms with van der Waals surface area (Å²) in [5, 5.41) is 4.71. The number of anilines is 3. The third-order valence-corrected chi connectivity index (χ3v) is 9.72. The Kier molecular flexibility index (Phi) is 6.00. The molecule has 4 heteroatoms. The quantitative estimate of drug-likeness (QED) is 0.198. The number of hydrogen-bond donors (Lipinski definition) is 0. The first-order valence-electron chi connectivity index (χ1n) is 15.0. The van der Waals surface area contributed by atoms with Crippen LogP contribution in [0, 0.1) is 0 Å². The Morgan fingerprint density at radius 1 is 0.444 bits per heavy atom. The molecule has 0 N–H and O–H groups in total. The SMILES string of the molecule is c1ccc(-c2ccc(N(c3ccc(-c4ccc5c(c4)sc4ccncc45)cc3)c3ccc4oc5ccccc5c4c3)cc2)cc1. The molecule has 45 heavy (non-hydrogen) atoms. The molecule has 0 unspecified atom stereocenters. The highest BCUT2D eigenvalue weighted by molar-refractivity contribution is 7.25. The number of para-hydroxylation sites is 1. The molecule has 212 valence electrons. The Bertz CT molecular complexity index is 2480. The monoisotopic (exact) mass is 594 g/mol. The third-order valence-electron chi connectivity index (χ3n) is 8.58. The molecule has 0 atom stereocenters. The lowest BCUT2D eigenvalue weighted by molar-refractivity contribution is 0.669. The molecule has 3 aromatic heterocycles. The minimum atomic E-state index is 0.891. The van der Waals surface area contributed by atoms with Gasteiger partial charge < -0.3 is 9.32 Å². The fraction of sp³-hybridized carbons (Fsp3) is 0. The van der Waals surface area contributed by atoms with E-state index in [0.717, 1.165) is 39.0 Å². The van der Waals surface area contributed by atoms with Gasteiger partial charge in [0.2, 0.25) is 0 Å². The Labute approximate surface area is 264 Å². The van der Waals surface area contributed by atoms with Crippen LogP contribution in [0.1, 0.15) is 0 Å². The van der Waals surface area contributed by atoms with E-state index in [1.807, 2.05) is 35.9 Å². The molecule has 9 rings (SSSR count). The maximum atomic E-state index is 6.16. The van der Waals surface area contributed by atoms with Gasteiger partial charge in [0.1, 0.15) is 11.2 Å². The highest BCUT2D eigenvalue weighted by Crippen LogP contribution is 2.41. The molecular weight excluding hydrogens is 569 g/mol. The van der Waals surface area contributed by atoms with Crippen LogP contribution < -0.4 is 4.90 Å². The molecule has 0 aliphatic rings. The topological polar surface area (TPSA) is 29.3 Å². The van der Waals surface area contributed by atoms with Gasteiger partial charge in [-0.3, -0.25) is 4.98 Å². The van der Waals surface area contributed by atoms with Gasteiger partial charge in [-0.2, -0.15) is 0 Å². The van der Waals surface area contributed by atoms with E-state index in [4.69, 9.17) is 4.42 Å². The van der Waals surface area contributed by atoms with E-state index in [-0.39, 0.29) is 0 Å². The van der Waals surface area contributed by atoms with Crippen molar-refractivity contribution in [2.24, 2.45) is 0 Å². The summed E-state index contributed by atoms with van der Waals surface area (Å²) in [7, 11) is 0. The normalized spacial score (nSPS) is 11.6. The number of pyridine rings is 1. The van der Waals surface area contributed by atoms with Crippen LogP contribution in [-0.2, 0) is 0 Å². The highest BCUT2D eigenvalue weighted by atomic mass is 32.1. The fourth-order valence-electron chi connectivity index (χ4n) is 6.34.